The van der Waals surface area contributed by atoms with Crippen LogP contribution in [0.4, 0.5) is 5.69 Å². The van der Waals surface area contributed by atoms with Crippen LogP contribution in [0.25, 0.3) is 0 Å². The Morgan fingerprint density at radius 3 is 2.48 bits per heavy atom. The molecule has 0 fully saturated rings. The number of benzene rings is 2. The second-order valence-corrected chi connectivity index (χ2v) is 7.36. The van der Waals surface area contributed by atoms with Crippen molar-refractivity contribution in [1.82, 2.24) is 10.6 Å². The number of hydrogen-bond donors (Lipinski definition) is 3. The van der Waals surface area contributed by atoms with Crippen LogP contribution < -0.4 is 25.4 Å². The van der Waals surface area contributed by atoms with Crippen molar-refractivity contribution >= 4 is 28.9 Å². The van der Waals surface area contributed by atoms with Crippen LogP contribution in [-0.4, -0.2) is 25.2 Å². The van der Waals surface area contributed by atoms with Crippen molar-refractivity contribution in [3.05, 3.63) is 64.4 Å². The minimum Gasteiger partial charge on any atom is -0.497 e. The van der Waals surface area contributed by atoms with Crippen molar-refractivity contribution < 1.29 is 14.3 Å². The van der Waals surface area contributed by atoms with E-state index in [0.717, 1.165) is 22.4 Å². The standard InChI is InChI=1S/C22H25N3O3S/c1-12-6-9-17(13(2)10-12)24-21(26)19-14(3)23-22(29)25-20(19)16-8-7-15(27-4)11-18(16)28-5/h6-11,20H,1-5H3,(H,24,26)(H2,23,25,29). The number of thiocarbonyl (C=S) groups is 1. The van der Waals surface area contributed by atoms with E-state index in [9.17, 15) is 4.79 Å². The Morgan fingerprint density at radius 2 is 1.83 bits per heavy atom. The summed E-state index contributed by atoms with van der Waals surface area (Å²) < 4.78 is 10.8. The van der Waals surface area contributed by atoms with Gasteiger partial charge in [0.05, 0.1) is 25.8 Å². The highest BCUT2D eigenvalue weighted by Gasteiger charge is 2.32. The van der Waals surface area contributed by atoms with Gasteiger partial charge in [-0.05, 0) is 56.8 Å². The first-order valence-electron chi connectivity index (χ1n) is 9.23. The fraction of sp³-hybridized carbons (Fsp3) is 0.273. The minimum atomic E-state index is -0.463. The van der Waals surface area contributed by atoms with E-state index >= 15 is 0 Å². The minimum absolute atomic E-state index is 0.208. The highest BCUT2D eigenvalue weighted by Crippen LogP contribution is 2.36. The van der Waals surface area contributed by atoms with Gasteiger partial charge in [0, 0.05) is 23.0 Å². The van der Waals surface area contributed by atoms with Gasteiger partial charge in [-0.25, -0.2) is 0 Å². The molecule has 1 amide bonds. The van der Waals surface area contributed by atoms with Gasteiger partial charge in [-0.1, -0.05) is 17.7 Å². The molecule has 0 aromatic heterocycles. The molecule has 1 unspecified atom stereocenters. The lowest BCUT2D eigenvalue weighted by Gasteiger charge is -2.31. The normalized spacial score (nSPS) is 16.0. The Balaban J connectivity index is 2.01. The van der Waals surface area contributed by atoms with Gasteiger partial charge in [-0.3, -0.25) is 4.79 Å². The average Bonchev–Trinajstić information content (AvgIpc) is 2.68. The Kier molecular flexibility index (Phi) is 6.08. The van der Waals surface area contributed by atoms with Crippen LogP contribution in [0.3, 0.4) is 0 Å². The van der Waals surface area contributed by atoms with E-state index < -0.39 is 6.04 Å². The summed E-state index contributed by atoms with van der Waals surface area (Å²) >= 11 is 5.34. The molecular formula is C22H25N3O3S. The van der Waals surface area contributed by atoms with E-state index in [4.69, 9.17) is 21.7 Å². The van der Waals surface area contributed by atoms with Crippen LogP contribution in [0.15, 0.2) is 47.7 Å². The predicted octanol–water partition coefficient (Wildman–Crippen LogP) is 3.75. The molecule has 7 heteroatoms. The number of anilines is 1. The molecule has 3 rings (SSSR count). The highest BCUT2D eigenvalue weighted by atomic mass is 32.1. The second kappa shape index (κ2) is 8.53. The van der Waals surface area contributed by atoms with Crippen molar-refractivity contribution in [1.29, 1.82) is 0 Å². The van der Waals surface area contributed by atoms with Gasteiger partial charge in [0.25, 0.3) is 5.91 Å². The van der Waals surface area contributed by atoms with Crippen LogP contribution in [-0.2, 0) is 4.79 Å². The van der Waals surface area contributed by atoms with Crippen molar-refractivity contribution in [2.24, 2.45) is 0 Å². The van der Waals surface area contributed by atoms with Crippen LogP contribution >= 0.6 is 12.2 Å². The summed E-state index contributed by atoms with van der Waals surface area (Å²) in [6.07, 6.45) is 0. The molecule has 2 aromatic carbocycles. The summed E-state index contributed by atoms with van der Waals surface area (Å²) in [5.74, 6) is 1.07. The number of allylic oxidation sites excluding steroid dienone is 1. The van der Waals surface area contributed by atoms with E-state index in [0.29, 0.717) is 27.9 Å². The smallest absolute Gasteiger partial charge is 0.255 e. The number of amides is 1. The van der Waals surface area contributed by atoms with E-state index in [1.807, 2.05) is 51.1 Å². The zero-order chi connectivity index (χ0) is 21.1. The zero-order valence-corrected chi connectivity index (χ0v) is 18.0. The SMILES string of the molecule is COc1ccc(C2NC(=S)NC(C)=C2C(=O)Nc2ccc(C)cc2C)c(OC)c1. The number of ether oxygens (including phenoxy) is 2. The summed E-state index contributed by atoms with van der Waals surface area (Å²) in [6.45, 7) is 5.83. The quantitative estimate of drug-likeness (QED) is 0.651. The third-order valence-corrected chi connectivity index (χ3v) is 5.12. The number of hydrogen-bond acceptors (Lipinski definition) is 4. The number of methoxy groups -OCH3 is 2. The molecule has 0 aliphatic carbocycles. The molecule has 0 radical (unpaired) electrons. The number of aryl methyl sites for hydroxylation is 2. The summed E-state index contributed by atoms with van der Waals surface area (Å²) in [6, 6.07) is 11.0. The van der Waals surface area contributed by atoms with Gasteiger partial charge >= 0.3 is 0 Å². The van der Waals surface area contributed by atoms with Crippen LogP contribution in [0.5, 0.6) is 11.5 Å². The lowest BCUT2D eigenvalue weighted by molar-refractivity contribution is -0.113. The van der Waals surface area contributed by atoms with E-state index in [-0.39, 0.29) is 5.91 Å². The van der Waals surface area contributed by atoms with E-state index in [1.165, 1.54) is 0 Å². The number of carbonyl (C=O) groups is 1. The number of rotatable bonds is 5. The third kappa shape index (κ3) is 4.35. The first-order chi connectivity index (χ1) is 13.8. The average molecular weight is 412 g/mol. The molecule has 1 aliphatic heterocycles. The lowest BCUT2D eigenvalue weighted by Crippen LogP contribution is -2.45. The molecule has 0 saturated carbocycles. The molecule has 152 valence electrons. The van der Waals surface area contributed by atoms with Crippen molar-refractivity contribution in [3.63, 3.8) is 0 Å². The Labute approximate surface area is 176 Å². The first kappa shape index (κ1) is 20.7. The number of nitrogens with one attached hydrogen (secondary N) is 3. The molecule has 0 bridgehead atoms. The van der Waals surface area contributed by atoms with Gasteiger partial charge in [0.1, 0.15) is 11.5 Å². The fourth-order valence-corrected chi connectivity index (χ4v) is 3.70. The van der Waals surface area contributed by atoms with Gasteiger partial charge < -0.3 is 25.4 Å². The molecule has 0 spiro atoms. The Bertz CT molecular complexity index is 1000. The maximum Gasteiger partial charge on any atom is 0.255 e. The molecule has 3 N–H and O–H groups in total. The predicted molar refractivity (Wildman–Crippen MR) is 118 cm³/mol. The summed E-state index contributed by atoms with van der Waals surface area (Å²) in [7, 11) is 3.18. The molecule has 1 heterocycles. The second-order valence-electron chi connectivity index (χ2n) is 6.95. The molecule has 6 nitrogen and oxygen atoms in total. The maximum absolute atomic E-state index is 13.3. The molecule has 29 heavy (non-hydrogen) atoms. The third-order valence-electron chi connectivity index (χ3n) is 4.90. The van der Waals surface area contributed by atoms with Crippen molar-refractivity contribution in [2.75, 3.05) is 19.5 Å². The van der Waals surface area contributed by atoms with Crippen LogP contribution in [0, 0.1) is 13.8 Å². The monoisotopic (exact) mass is 411 g/mol. The molecule has 0 saturated heterocycles. The van der Waals surface area contributed by atoms with Crippen LogP contribution in [0.2, 0.25) is 0 Å². The maximum atomic E-state index is 13.3. The van der Waals surface area contributed by atoms with E-state index in [2.05, 4.69) is 16.0 Å². The van der Waals surface area contributed by atoms with Gasteiger partial charge in [-0.15, -0.1) is 0 Å². The fourth-order valence-electron chi connectivity index (χ4n) is 3.43. The zero-order valence-electron chi connectivity index (χ0n) is 17.2. The van der Waals surface area contributed by atoms with Crippen molar-refractivity contribution in [2.45, 2.75) is 26.8 Å². The Morgan fingerprint density at radius 1 is 1.07 bits per heavy atom. The summed E-state index contributed by atoms with van der Waals surface area (Å²) in [5, 5.41) is 9.73. The summed E-state index contributed by atoms with van der Waals surface area (Å²) in [4.78, 5) is 13.3. The highest BCUT2D eigenvalue weighted by molar-refractivity contribution is 7.80. The molecule has 2 aromatic rings. The van der Waals surface area contributed by atoms with Gasteiger partial charge in [-0.2, -0.15) is 0 Å². The summed E-state index contributed by atoms with van der Waals surface area (Å²) in [5.41, 5.74) is 4.95. The van der Waals surface area contributed by atoms with Gasteiger partial charge in [0.15, 0.2) is 5.11 Å². The molecule has 1 aliphatic rings. The van der Waals surface area contributed by atoms with Crippen molar-refractivity contribution in [3.8, 4) is 11.5 Å². The van der Waals surface area contributed by atoms with Crippen LogP contribution in [0.1, 0.15) is 29.7 Å². The lowest BCUT2D eigenvalue weighted by atomic mass is 9.94. The topological polar surface area (TPSA) is 71.6 Å². The molecular weight excluding hydrogens is 386 g/mol. The number of carbonyl (C=O) groups excluding carboxylic acids is 1. The Hall–Kier alpha value is -3.06. The largest absolute Gasteiger partial charge is 0.497 e. The first-order valence-corrected chi connectivity index (χ1v) is 9.63. The van der Waals surface area contributed by atoms with E-state index in [1.54, 1.807) is 20.3 Å². The van der Waals surface area contributed by atoms with Gasteiger partial charge in [0.2, 0.25) is 0 Å². The molecule has 1 atom stereocenters.